The molecule has 0 spiro atoms. The SMILES string of the molecule is CC(Cc1ccc(Br)cc1)NC(C)CC1CC1. The van der Waals surface area contributed by atoms with Crippen LogP contribution in [0.15, 0.2) is 28.7 Å². The number of nitrogens with one attached hydrogen (secondary N) is 1. The summed E-state index contributed by atoms with van der Waals surface area (Å²) < 4.78 is 1.16. The second-order valence-electron chi connectivity index (χ2n) is 5.48. The summed E-state index contributed by atoms with van der Waals surface area (Å²) >= 11 is 3.47. The Kier molecular flexibility index (Phi) is 4.63. The van der Waals surface area contributed by atoms with Crippen molar-refractivity contribution in [3.05, 3.63) is 34.3 Å². The summed E-state index contributed by atoms with van der Waals surface area (Å²) in [4.78, 5) is 0. The van der Waals surface area contributed by atoms with Crippen molar-refractivity contribution in [1.82, 2.24) is 5.32 Å². The van der Waals surface area contributed by atoms with Gasteiger partial charge in [-0.3, -0.25) is 0 Å². The monoisotopic (exact) mass is 295 g/mol. The van der Waals surface area contributed by atoms with E-state index in [0.717, 1.165) is 16.8 Å². The number of benzene rings is 1. The minimum Gasteiger partial charge on any atom is -0.311 e. The van der Waals surface area contributed by atoms with Gasteiger partial charge < -0.3 is 5.32 Å². The molecule has 1 aromatic carbocycles. The van der Waals surface area contributed by atoms with Crippen molar-refractivity contribution in [2.75, 3.05) is 0 Å². The Bertz CT molecular complexity index is 342. The van der Waals surface area contributed by atoms with E-state index in [1.165, 1.54) is 24.8 Å². The van der Waals surface area contributed by atoms with E-state index in [1.54, 1.807) is 0 Å². The Morgan fingerprint density at radius 3 is 2.41 bits per heavy atom. The van der Waals surface area contributed by atoms with Gasteiger partial charge >= 0.3 is 0 Å². The van der Waals surface area contributed by atoms with Crippen LogP contribution >= 0.6 is 15.9 Å². The molecule has 1 saturated carbocycles. The number of hydrogen-bond acceptors (Lipinski definition) is 1. The zero-order valence-corrected chi connectivity index (χ0v) is 12.3. The zero-order valence-electron chi connectivity index (χ0n) is 10.7. The van der Waals surface area contributed by atoms with E-state index in [-0.39, 0.29) is 0 Å². The Morgan fingerprint density at radius 1 is 1.18 bits per heavy atom. The predicted molar refractivity (Wildman–Crippen MR) is 77.2 cm³/mol. The fraction of sp³-hybridized carbons (Fsp3) is 0.600. The highest BCUT2D eigenvalue weighted by atomic mass is 79.9. The standard InChI is InChI=1S/C15H22BrN/c1-11(9-13-3-4-13)17-12(2)10-14-5-7-15(16)8-6-14/h5-8,11-13,17H,3-4,9-10H2,1-2H3. The van der Waals surface area contributed by atoms with Gasteiger partial charge in [-0.1, -0.05) is 40.9 Å². The van der Waals surface area contributed by atoms with Crippen LogP contribution in [0.5, 0.6) is 0 Å². The maximum atomic E-state index is 3.70. The molecule has 1 aliphatic carbocycles. The van der Waals surface area contributed by atoms with Crippen LogP contribution in [-0.4, -0.2) is 12.1 Å². The molecule has 2 unspecified atom stereocenters. The zero-order chi connectivity index (χ0) is 12.3. The van der Waals surface area contributed by atoms with Crippen LogP contribution in [0.4, 0.5) is 0 Å². The van der Waals surface area contributed by atoms with E-state index < -0.39 is 0 Å². The molecule has 0 aromatic heterocycles. The normalized spacial score (nSPS) is 19.0. The van der Waals surface area contributed by atoms with Crippen LogP contribution in [0, 0.1) is 5.92 Å². The predicted octanol–water partition coefficient (Wildman–Crippen LogP) is 4.16. The van der Waals surface area contributed by atoms with Gasteiger partial charge in [-0.25, -0.2) is 0 Å². The fourth-order valence-electron chi connectivity index (χ4n) is 2.44. The van der Waals surface area contributed by atoms with Gasteiger partial charge in [0, 0.05) is 16.6 Å². The molecule has 94 valence electrons. The smallest absolute Gasteiger partial charge is 0.0175 e. The highest BCUT2D eigenvalue weighted by molar-refractivity contribution is 9.10. The third-order valence-corrected chi connectivity index (χ3v) is 3.94. The summed E-state index contributed by atoms with van der Waals surface area (Å²) in [6.07, 6.45) is 5.37. The molecule has 0 saturated heterocycles. The second kappa shape index (κ2) is 6.01. The molecule has 2 heteroatoms. The van der Waals surface area contributed by atoms with Crippen LogP contribution in [-0.2, 0) is 6.42 Å². The molecule has 17 heavy (non-hydrogen) atoms. The molecule has 1 aliphatic rings. The summed E-state index contributed by atoms with van der Waals surface area (Å²) in [6.45, 7) is 4.60. The number of halogens is 1. The van der Waals surface area contributed by atoms with E-state index >= 15 is 0 Å². The summed E-state index contributed by atoms with van der Waals surface area (Å²) in [5, 5.41) is 3.70. The largest absolute Gasteiger partial charge is 0.311 e. The van der Waals surface area contributed by atoms with Gasteiger partial charge in [-0.15, -0.1) is 0 Å². The minimum atomic E-state index is 0.560. The van der Waals surface area contributed by atoms with E-state index in [2.05, 4.69) is 59.4 Å². The van der Waals surface area contributed by atoms with Gasteiger partial charge in [-0.2, -0.15) is 0 Å². The molecule has 1 aromatic rings. The lowest BCUT2D eigenvalue weighted by atomic mass is 10.1. The maximum Gasteiger partial charge on any atom is 0.0175 e. The van der Waals surface area contributed by atoms with Crippen molar-refractivity contribution in [1.29, 1.82) is 0 Å². The molecule has 0 amide bonds. The highest BCUT2D eigenvalue weighted by Crippen LogP contribution is 2.33. The number of hydrogen-bond donors (Lipinski definition) is 1. The van der Waals surface area contributed by atoms with E-state index in [9.17, 15) is 0 Å². The lowest BCUT2D eigenvalue weighted by Gasteiger charge is -2.20. The molecule has 0 heterocycles. The molecule has 2 atom stereocenters. The van der Waals surface area contributed by atoms with Crippen molar-refractivity contribution < 1.29 is 0 Å². The first-order chi connectivity index (χ1) is 8.13. The summed E-state index contributed by atoms with van der Waals surface area (Å²) in [5.41, 5.74) is 1.41. The van der Waals surface area contributed by atoms with Gasteiger partial charge in [0.05, 0.1) is 0 Å². The van der Waals surface area contributed by atoms with Gasteiger partial charge in [0.15, 0.2) is 0 Å². The molecule has 1 N–H and O–H groups in total. The highest BCUT2D eigenvalue weighted by Gasteiger charge is 2.23. The van der Waals surface area contributed by atoms with Gasteiger partial charge in [0.25, 0.3) is 0 Å². The van der Waals surface area contributed by atoms with Gasteiger partial charge in [0.2, 0.25) is 0 Å². The molecule has 1 nitrogen and oxygen atoms in total. The topological polar surface area (TPSA) is 12.0 Å². The van der Waals surface area contributed by atoms with Crippen molar-refractivity contribution in [2.45, 2.75) is 51.6 Å². The van der Waals surface area contributed by atoms with Gasteiger partial charge in [0.1, 0.15) is 0 Å². The molecule has 0 aliphatic heterocycles. The van der Waals surface area contributed by atoms with Crippen LogP contribution in [0.3, 0.4) is 0 Å². The first-order valence-electron chi connectivity index (χ1n) is 6.64. The summed E-state index contributed by atoms with van der Waals surface area (Å²) in [5.74, 6) is 1.01. The Hall–Kier alpha value is -0.340. The van der Waals surface area contributed by atoms with Crippen LogP contribution in [0.2, 0.25) is 0 Å². The molecular formula is C15H22BrN. The average molecular weight is 296 g/mol. The third kappa shape index (κ3) is 4.81. The Balaban J connectivity index is 1.75. The molecule has 0 bridgehead atoms. The maximum absolute atomic E-state index is 3.70. The average Bonchev–Trinajstić information content (AvgIpc) is 3.05. The van der Waals surface area contributed by atoms with E-state index in [0.29, 0.717) is 12.1 Å². The Morgan fingerprint density at radius 2 is 1.82 bits per heavy atom. The van der Waals surface area contributed by atoms with Crippen molar-refractivity contribution in [3.63, 3.8) is 0 Å². The fourth-order valence-corrected chi connectivity index (χ4v) is 2.70. The third-order valence-electron chi connectivity index (χ3n) is 3.41. The lowest BCUT2D eigenvalue weighted by molar-refractivity contribution is 0.428. The second-order valence-corrected chi connectivity index (χ2v) is 6.39. The Labute approximate surface area is 113 Å². The first kappa shape index (κ1) is 13.1. The molecule has 0 radical (unpaired) electrons. The summed E-state index contributed by atoms with van der Waals surface area (Å²) in [6, 6.07) is 9.87. The van der Waals surface area contributed by atoms with Gasteiger partial charge in [-0.05, 0) is 50.3 Å². The molecule has 2 rings (SSSR count). The number of rotatable bonds is 6. The lowest BCUT2D eigenvalue weighted by Crippen LogP contribution is -2.36. The van der Waals surface area contributed by atoms with Crippen molar-refractivity contribution >= 4 is 15.9 Å². The molecule has 1 fully saturated rings. The first-order valence-corrected chi connectivity index (χ1v) is 7.43. The minimum absolute atomic E-state index is 0.560. The van der Waals surface area contributed by atoms with Crippen LogP contribution < -0.4 is 5.32 Å². The van der Waals surface area contributed by atoms with E-state index in [1.807, 2.05) is 0 Å². The molecular weight excluding hydrogens is 274 g/mol. The van der Waals surface area contributed by atoms with Crippen molar-refractivity contribution in [2.24, 2.45) is 5.92 Å². The van der Waals surface area contributed by atoms with Crippen molar-refractivity contribution in [3.8, 4) is 0 Å². The quantitative estimate of drug-likeness (QED) is 0.831. The van der Waals surface area contributed by atoms with Crippen LogP contribution in [0.1, 0.15) is 38.7 Å². The van der Waals surface area contributed by atoms with E-state index in [4.69, 9.17) is 0 Å². The van der Waals surface area contributed by atoms with Crippen LogP contribution in [0.25, 0.3) is 0 Å². The summed E-state index contributed by atoms with van der Waals surface area (Å²) in [7, 11) is 0.